The molecule has 2 heterocycles. The van der Waals surface area contributed by atoms with Crippen molar-refractivity contribution < 1.29 is 49.0 Å². The number of nitrogens with one attached hydrogen (secondary N) is 1. The first-order valence-corrected chi connectivity index (χ1v) is 17.4. The third-order valence-electron chi connectivity index (χ3n) is 9.49. The summed E-state index contributed by atoms with van der Waals surface area (Å²) in [6.07, 6.45) is 6.38. The highest BCUT2D eigenvalue weighted by Gasteiger charge is 2.54. The summed E-state index contributed by atoms with van der Waals surface area (Å²) in [7, 11) is 1.42. The molecule has 46 heavy (non-hydrogen) atoms. The number of methoxy groups -OCH3 is 1. The fourth-order valence-corrected chi connectivity index (χ4v) is 6.47. The number of allylic oxidation sites excluding steroid dienone is 1. The normalized spacial score (nSPS) is 38.0. The highest BCUT2D eigenvalue weighted by molar-refractivity contribution is 5.84. The molecule has 0 aliphatic carbocycles. The topological polar surface area (TPSA) is 172 Å². The number of esters is 1. The number of cyclic esters (lactones) is 1. The summed E-state index contributed by atoms with van der Waals surface area (Å²) in [6, 6.07) is 0. The summed E-state index contributed by atoms with van der Waals surface area (Å²) in [5.41, 5.74) is -1.77. The summed E-state index contributed by atoms with van der Waals surface area (Å²) in [5.74, 6) is -3.00. The van der Waals surface area contributed by atoms with Crippen LogP contribution in [0.5, 0.6) is 0 Å². The van der Waals surface area contributed by atoms with Gasteiger partial charge in [-0.05, 0) is 69.3 Å². The molecule has 0 saturated carbocycles. The highest BCUT2D eigenvalue weighted by atomic mass is 16.7. The molecule has 1 fully saturated rings. The molecule has 11 heteroatoms. The maximum Gasteiger partial charge on any atom is 0.309 e. The number of hydrogen-bond donors (Lipinski definition) is 5. The van der Waals surface area contributed by atoms with Crippen molar-refractivity contribution in [2.24, 2.45) is 17.8 Å². The van der Waals surface area contributed by atoms with E-state index in [9.17, 15) is 34.8 Å². The van der Waals surface area contributed by atoms with Crippen LogP contribution in [0.2, 0.25) is 0 Å². The number of hydrogen-bond acceptors (Lipinski definition) is 10. The van der Waals surface area contributed by atoms with Crippen LogP contribution in [0.15, 0.2) is 12.2 Å². The summed E-state index contributed by atoms with van der Waals surface area (Å²) in [5, 5.41) is 47.3. The van der Waals surface area contributed by atoms with Crippen LogP contribution in [0.25, 0.3) is 0 Å². The van der Waals surface area contributed by atoms with Crippen molar-refractivity contribution in [3.05, 3.63) is 12.2 Å². The lowest BCUT2D eigenvalue weighted by Crippen LogP contribution is -2.63. The Balaban J connectivity index is 2.23. The van der Waals surface area contributed by atoms with Crippen molar-refractivity contribution in [2.75, 3.05) is 20.3 Å². The predicted molar refractivity (Wildman–Crippen MR) is 174 cm³/mol. The summed E-state index contributed by atoms with van der Waals surface area (Å²) >= 11 is 0. The second kappa shape index (κ2) is 19.8. The molecule has 1 saturated heterocycles. The van der Waals surface area contributed by atoms with Crippen molar-refractivity contribution in [2.45, 2.75) is 153 Å². The van der Waals surface area contributed by atoms with Gasteiger partial charge in [-0.3, -0.25) is 14.4 Å². The Morgan fingerprint density at radius 3 is 2.39 bits per heavy atom. The van der Waals surface area contributed by atoms with E-state index in [1.807, 2.05) is 13.8 Å². The summed E-state index contributed by atoms with van der Waals surface area (Å²) in [4.78, 5) is 38.4. The molecule has 266 valence electrons. The first-order valence-electron chi connectivity index (χ1n) is 17.4. The van der Waals surface area contributed by atoms with Crippen molar-refractivity contribution in [3.63, 3.8) is 0 Å². The minimum atomic E-state index is -2.16. The lowest BCUT2D eigenvalue weighted by atomic mass is 9.81. The van der Waals surface area contributed by atoms with Gasteiger partial charge in [0, 0.05) is 32.9 Å². The number of ether oxygens (including phenoxy) is 3. The quantitative estimate of drug-likeness (QED) is 0.217. The number of amides is 1. The van der Waals surface area contributed by atoms with Gasteiger partial charge in [-0.1, -0.05) is 53.0 Å². The maximum absolute atomic E-state index is 12.9. The molecular weight excluding hydrogens is 594 g/mol. The number of aliphatic hydroxyl groups excluding tert-OH is 2. The number of ketones is 1. The van der Waals surface area contributed by atoms with Crippen LogP contribution < -0.4 is 5.32 Å². The minimum Gasteiger partial charge on any atom is -0.452 e. The van der Waals surface area contributed by atoms with Gasteiger partial charge in [-0.2, -0.15) is 0 Å². The molecule has 0 spiro atoms. The monoisotopic (exact) mass is 655 g/mol. The predicted octanol–water partition coefficient (Wildman–Crippen LogP) is 3.73. The number of β-amino-alcohol motifs (C(OH)–C–C–N with tert-alkyl or cyclic N) is 1. The molecule has 2 aliphatic rings. The third-order valence-corrected chi connectivity index (χ3v) is 9.49. The molecule has 2 aliphatic heterocycles. The van der Waals surface area contributed by atoms with Crippen molar-refractivity contribution in [1.29, 1.82) is 0 Å². The van der Waals surface area contributed by atoms with E-state index in [1.165, 1.54) is 13.2 Å². The second-order valence-electron chi connectivity index (χ2n) is 13.7. The minimum absolute atomic E-state index is 0.0348. The zero-order valence-corrected chi connectivity index (χ0v) is 28.7. The molecule has 2 rings (SSSR count). The Labute approximate surface area is 275 Å². The fraction of sp³-hybridized carbons (Fsp3) is 0.857. The van der Waals surface area contributed by atoms with Gasteiger partial charge in [0.25, 0.3) is 5.91 Å². The number of carbonyl (C=O) groups is 3. The Morgan fingerprint density at radius 2 is 1.72 bits per heavy atom. The van der Waals surface area contributed by atoms with E-state index in [0.29, 0.717) is 38.5 Å². The number of Topliss-reactive ketones (excluding diaryl/α,β-unsaturated/α-hetero) is 1. The third kappa shape index (κ3) is 12.6. The van der Waals surface area contributed by atoms with Crippen LogP contribution in [0.4, 0.5) is 0 Å². The zero-order chi connectivity index (χ0) is 34.3. The van der Waals surface area contributed by atoms with E-state index in [-0.39, 0.29) is 56.0 Å². The van der Waals surface area contributed by atoms with Gasteiger partial charge in [0.15, 0.2) is 6.10 Å². The SMILES string of the molecule is CCCC1OC(=O)C(C)CC(C)CCCCC(=O)CCCC(CC)/C=C\[C@@]2(O)OC(CC[C@@]2(O)COC)C(O)CC(O)CNC1=O. The van der Waals surface area contributed by atoms with Crippen LogP contribution in [0, 0.1) is 17.8 Å². The average Bonchev–Trinajstić information content (AvgIpc) is 3.00. The Hall–Kier alpha value is -1.89. The van der Waals surface area contributed by atoms with Crippen LogP contribution >= 0.6 is 0 Å². The molecule has 0 aromatic heterocycles. The molecule has 7 unspecified atom stereocenters. The molecule has 0 aromatic carbocycles. The number of rotatable bonds is 5. The molecule has 0 radical (unpaired) electrons. The number of aliphatic hydroxyl groups is 4. The van der Waals surface area contributed by atoms with Gasteiger partial charge >= 0.3 is 5.97 Å². The maximum atomic E-state index is 12.9. The van der Waals surface area contributed by atoms with Crippen LogP contribution in [-0.4, -0.2) is 94.2 Å². The zero-order valence-electron chi connectivity index (χ0n) is 28.7. The molecule has 1 amide bonds. The van der Waals surface area contributed by atoms with E-state index in [1.54, 1.807) is 13.0 Å². The number of carbonyl (C=O) groups excluding carboxylic acids is 3. The summed E-state index contributed by atoms with van der Waals surface area (Å²) in [6.45, 7) is 7.41. The number of fused-ring (bicyclic) bond motifs is 2. The Morgan fingerprint density at radius 1 is 1.00 bits per heavy atom. The molecule has 0 aromatic rings. The summed E-state index contributed by atoms with van der Waals surface area (Å²) < 4.78 is 16.8. The van der Waals surface area contributed by atoms with E-state index in [2.05, 4.69) is 12.2 Å². The van der Waals surface area contributed by atoms with E-state index in [0.717, 1.165) is 32.1 Å². The smallest absolute Gasteiger partial charge is 0.309 e. The van der Waals surface area contributed by atoms with Gasteiger partial charge in [0.05, 0.1) is 30.8 Å². The first-order chi connectivity index (χ1) is 21.8. The first kappa shape index (κ1) is 40.3. The second-order valence-corrected chi connectivity index (χ2v) is 13.7. The van der Waals surface area contributed by atoms with Crippen molar-refractivity contribution >= 4 is 17.7 Å². The highest BCUT2D eigenvalue weighted by Crippen LogP contribution is 2.39. The Kier molecular flexibility index (Phi) is 17.4. The fourth-order valence-electron chi connectivity index (χ4n) is 6.47. The molecular formula is C35H61NO10. The Bertz CT molecular complexity index is 975. The van der Waals surface area contributed by atoms with E-state index >= 15 is 0 Å². The average molecular weight is 656 g/mol. The molecule has 2 bridgehead atoms. The standard InChI is InChI=1S/C35H61NO10/c1-6-11-31-32(40)36-22-28(38)21-29(39)30-17-18-34(42,23-44-5)35(43,46-30)19-16-26(7-2)13-10-15-27(37)14-9-8-12-24(3)20-25(4)33(41)45-31/h16,19,24-26,28-31,38-39,42-43H,6-15,17-18,20-23H2,1-5H3,(H,36,40)/b19-16-/t24?,25?,26?,28?,29?,30?,31?,34-,35-/m1/s1. The van der Waals surface area contributed by atoms with Crippen LogP contribution in [0.1, 0.15) is 118 Å². The molecule has 11 nitrogen and oxygen atoms in total. The van der Waals surface area contributed by atoms with Gasteiger partial charge < -0.3 is 40.0 Å². The van der Waals surface area contributed by atoms with Gasteiger partial charge in [0.1, 0.15) is 11.4 Å². The lowest BCUT2D eigenvalue weighted by molar-refractivity contribution is -0.333. The van der Waals surface area contributed by atoms with Gasteiger partial charge in [0.2, 0.25) is 5.79 Å². The van der Waals surface area contributed by atoms with E-state index < -0.39 is 47.7 Å². The lowest BCUT2D eigenvalue weighted by Gasteiger charge is -2.48. The molecule has 9 atom stereocenters. The van der Waals surface area contributed by atoms with Crippen molar-refractivity contribution in [1.82, 2.24) is 5.32 Å². The van der Waals surface area contributed by atoms with E-state index in [4.69, 9.17) is 14.2 Å². The largest absolute Gasteiger partial charge is 0.452 e. The van der Waals surface area contributed by atoms with Crippen LogP contribution in [-0.2, 0) is 28.6 Å². The van der Waals surface area contributed by atoms with Crippen LogP contribution in [0.3, 0.4) is 0 Å². The van der Waals surface area contributed by atoms with Gasteiger partial charge in [-0.25, -0.2) is 0 Å². The van der Waals surface area contributed by atoms with Crippen molar-refractivity contribution in [3.8, 4) is 0 Å². The molecule has 5 N–H and O–H groups in total. The van der Waals surface area contributed by atoms with Gasteiger partial charge in [-0.15, -0.1) is 0 Å².